The number of hydrogen-bond acceptors (Lipinski definition) is 4. The molecule has 0 aromatic rings. The zero-order valence-corrected chi connectivity index (χ0v) is 7.69. The van der Waals surface area contributed by atoms with Crippen molar-refractivity contribution in [1.29, 1.82) is 0 Å². The van der Waals surface area contributed by atoms with Gasteiger partial charge in [-0.2, -0.15) is 0 Å². The lowest BCUT2D eigenvalue weighted by molar-refractivity contribution is -0.0317. The van der Waals surface area contributed by atoms with E-state index in [2.05, 4.69) is 0 Å². The molecule has 0 aromatic heterocycles. The molecular formula is C8H18O4. The second-order valence-corrected chi connectivity index (χ2v) is 2.71. The van der Waals surface area contributed by atoms with Gasteiger partial charge in [0, 0.05) is 7.11 Å². The highest BCUT2D eigenvalue weighted by molar-refractivity contribution is 4.53. The lowest BCUT2D eigenvalue weighted by Crippen LogP contribution is -2.24. The van der Waals surface area contributed by atoms with E-state index in [9.17, 15) is 0 Å². The molecule has 2 atom stereocenters. The Kier molecular flexibility index (Phi) is 7.39. The van der Waals surface area contributed by atoms with Crippen LogP contribution in [0.4, 0.5) is 0 Å². The second kappa shape index (κ2) is 7.49. The minimum absolute atomic E-state index is 0.213. The largest absolute Gasteiger partial charge is 0.391 e. The number of rotatable bonds is 7. The first-order valence-corrected chi connectivity index (χ1v) is 4.13. The van der Waals surface area contributed by atoms with E-state index in [4.69, 9.17) is 19.7 Å². The zero-order chi connectivity index (χ0) is 9.40. The van der Waals surface area contributed by atoms with E-state index in [0.29, 0.717) is 6.42 Å². The molecule has 0 aliphatic heterocycles. The molecule has 0 saturated carbocycles. The van der Waals surface area contributed by atoms with Crippen molar-refractivity contribution in [1.82, 2.24) is 0 Å². The van der Waals surface area contributed by atoms with Gasteiger partial charge < -0.3 is 19.7 Å². The van der Waals surface area contributed by atoms with Gasteiger partial charge in [0.1, 0.15) is 6.10 Å². The molecule has 0 heterocycles. The Labute approximate surface area is 73.1 Å². The monoisotopic (exact) mass is 178 g/mol. The third kappa shape index (κ3) is 6.54. The third-order valence-electron chi connectivity index (χ3n) is 1.45. The molecule has 74 valence electrons. The summed E-state index contributed by atoms with van der Waals surface area (Å²) in [6.07, 6.45) is -0.362. The molecule has 12 heavy (non-hydrogen) atoms. The van der Waals surface area contributed by atoms with E-state index < -0.39 is 12.2 Å². The summed E-state index contributed by atoms with van der Waals surface area (Å²) >= 11 is 0. The van der Waals surface area contributed by atoms with Crippen LogP contribution >= 0.6 is 0 Å². The molecule has 0 saturated heterocycles. The summed E-state index contributed by atoms with van der Waals surface area (Å²) in [5.74, 6) is 0. The molecule has 0 bridgehead atoms. The van der Waals surface area contributed by atoms with Gasteiger partial charge in [-0.3, -0.25) is 0 Å². The molecular weight excluding hydrogens is 160 g/mol. The maximum Gasteiger partial charge on any atom is 0.101 e. The molecule has 4 nitrogen and oxygen atoms in total. The molecule has 0 aliphatic rings. The average molecular weight is 178 g/mol. The van der Waals surface area contributed by atoms with Crippen LogP contribution in [0.25, 0.3) is 0 Å². The van der Waals surface area contributed by atoms with Gasteiger partial charge in [-0.05, 0) is 6.42 Å². The molecule has 0 spiro atoms. The fourth-order valence-electron chi connectivity index (χ4n) is 0.698. The quantitative estimate of drug-likeness (QED) is 0.566. The summed E-state index contributed by atoms with van der Waals surface area (Å²) in [4.78, 5) is 0. The van der Waals surface area contributed by atoms with Gasteiger partial charge in [0.2, 0.25) is 0 Å². The van der Waals surface area contributed by atoms with Crippen LogP contribution in [0.1, 0.15) is 13.3 Å². The van der Waals surface area contributed by atoms with E-state index in [-0.39, 0.29) is 19.8 Å². The summed E-state index contributed by atoms with van der Waals surface area (Å²) in [5, 5.41) is 18.2. The lowest BCUT2D eigenvalue weighted by atomic mass is 10.3. The van der Waals surface area contributed by atoms with Crippen LogP contribution in [0.5, 0.6) is 0 Å². The Bertz CT molecular complexity index is 97.1. The summed E-state index contributed by atoms with van der Waals surface area (Å²) in [5.41, 5.74) is 0. The Morgan fingerprint density at radius 2 is 1.67 bits per heavy atom. The van der Waals surface area contributed by atoms with E-state index in [1.807, 2.05) is 6.92 Å². The van der Waals surface area contributed by atoms with E-state index in [0.717, 1.165) is 0 Å². The van der Waals surface area contributed by atoms with Crippen LogP contribution < -0.4 is 0 Å². The Balaban J connectivity index is 3.18. The van der Waals surface area contributed by atoms with Gasteiger partial charge in [0.15, 0.2) is 0 Å². The van der Waals surface area contributed by atoms with Crippen molar-refractivity contribution in [2.75, 3.05) is 26.9 Å². The predicted octanol–water partition coefficient (Wildman–Crippen LogP) is -0.219. The lowest BCUT2D eigenvalue weighted by Gasteiger charge is -2.12. The topological polar surface area (TPSA) is 58.9 Å². The van der Waals surface area contributed by atoms with Gasteiger partial charge >= 0.3 is 0 Å². The van der Waals surface area contributed by atoms with Crippen LogP contribution in [-0.2, 0) is 9.47 Å². The van der Waals surface area contributed by atoms with Crippen molar-refractivity contribution in [3.05, 3.63) is 0 Å². The highest BCUT2D eigenvalue weighted by Crippen LogP contribution is 1.92. The maximum absolute atomic E-state index is 9.10. The molecule has 0 aromatic carbocycles. The van der Waals surface area contributed by atoms with E-state index >= 15 is 0 Å². The number of aliphatic hydroxyl groups excluding tert-OH is 2. The van der Waals surface area contributed by atoms with E-state index in [1.54, 1.807) is 0 Å². The van der Waals surface area contributed by atoms with Crippen molar-refractivity contribution < 1.29 is 19.7 Å². The number of hydrogen-bond donors (Lipinski definition) is 2. The number of aliphatic hydroxyl groups is 2. The normalized spacial score (nSPS) is 16.0. The summed E-state index contributed by atoms with van der Waals surface area (Å²) in [7, 11) is 1.52. The molecule has 2 N–H and O–H groups in total. The van der Waals surface area contributed by atoms with Crippen LogP contribution in [0, 0.1) is 0 Å². The molecule has 0 radical (unpaired) electrons. The van der Waals surface area contributed by atoms with Crippen LogP contribution in [0.15, 0.2) is 0 Å². The average Bonchev–Trinajstić information content (AvgIpc) is 2.04. The van der Waals surface area contributed by atoms with Gasteiger partial charge in [-0.1, -0.05) is 6.92 Å². The van der Waals surface area contributed by atoms with Gasteiger partial charge in [-0.25, -0.2) is 0 Å². The highest BCUT2D eigenvalue weighted by Gasteiger charge is 2.05. The first-order chi connectivity index (χ1) is 5.70. The third-order valence-corrected chi connectivity index (χ3v) is 1.45. The molecule has 0 fully saturated rings. The molecule has 0 amide bonds. The van der Waals surface area contributed by atoms with Gasteiger partial charge in [0.05, 0.1) is 25.9 Å². The second-order valence-electron chi connectivity index (χ2n) is 2.71. The van der Waals surface area contributed by atoms with Crippen LogP contribution in [0.3, 0.4) is 0 Å². The maximum atomic E-state index is 9.10. The van der Waals surface area contributed by atoms with E-state index in [1.165, 1.54) is 7.11 Å². The summed E-state index contributed by atoms with van der Waals surface area (Å²) < 4.78 is 9.72. The van der Waals surface area contributed by atoms with Crippen molar-refractivity contribution >= 4 is 0 Å². The molecule has 4 heteroatoms. The Hall–Kier alpha value is -0.160. The van der Waals surface area contributed by atoms with Crippen LogP contribution in [0.2, 0.25) is 0 Å². The fraction of sp³-hybridized carbons (Fsp3) is 1.00. The first kappa shape index (κ1) is 11.8. The van der Waals surface area contributed by atoms with Gasteiger partial charge in [-0.15, -0.1) is 0 Å². The molecule has 2 unspecified atom stereocenters. The summed E-state index contributed by atoms with van der Waals surface area (Å²) in [6, 6.07) is 0. The number of ether oxygens (including phenoxy) is 2. The SMILES string of the molecule is CCC(O)COCC(O)COC. The Morgan fingerprint density at radius 3 is 2.17 bits per heavy atom. The zero-order valence-electron chi connectivity index (χ0n) is 7.69. The smallest absolute Gasteiger partial charge is 0.101 e. The van der Waals surface area contributed by atoms with Crippen molar-refractivity contribution in [3.63, 3.8) is 0 Å². The van der Waals surface area contributed by atoms with Crippen molar-refractivity contribution in [2.45, 2.75) is 25.6 Å². The first-order valence-electron chi connectivity index (χ1n) is 4.13. The molecule has 0 aliphatic carbocycles. The minimum atomic E-state index is -0.598. The fourth-order valence-corrected chi connectivity index (χ4v) is 0.698. The predicted molar refractivity (Wildman–Crippen MR) is 45.0 cm³/mol. The minimum Gasteiger partial charge on any atom is -0.391 e. The standard InChI is InChI=1S/C8H18O4/c1-3-7(9)5-12-6-8(10)4-11-2/h7-10H,3-6H2,1-2H3. The van der Waals surface area contributed by atoms with Gasteiger partial charge in [0.25, 0.3) is 0 Å². The van der Waals surface area contributed by atoms with Crippen molar-refractivity contribution in [3.8, 4) is 0 Å². The number of methoxy groups -OCH3 is 1. The summed E-state index contributed by atoms with van der Waals surface area (Å²) in [6.45, 7) is 2.63. The highest BCUT2D eigenvalue weighted by atomic mass is 16.5. The molecule has 0 rings (SSSR count). The Morgan fingerprint density at radius 1 is 1.08 bits per heavy atom. The van der Waals surface area contributed by atoms with Crippen molar-refractivity contribution in [2.24, 2.45) is 0 Å². The van der Waals surface area contributed by atoms with Crippen LogP contribution in [-0.4, -0.2) is 49.4 Å².